The van der Waals surface area contributed by atoms with Gasteiger partial charge in [-0.1, -0.05) is 12.2 Å². The molecule has 2 aliphatic rings. The van der Waals surface area contributed by atoms with Crippen LogP contribution >= 0.6 is 12.2 Å². The number of rotatable bonds is 7. The molecule has 1 aromatic carbocycles. The lowest BCUT2D eigenvalue weighted by atomic mass is 9.94. The first-order valence-corrected chi connectivity index (χ1v) is 10.2. The number of benzene rings is 1. The molecule has 1 heterocycles. The topological polar surface area (TPSA) is 33.7 Å². The van der Waals surface area contributed by atoms with E-state index in [-0.39, 0.29) is 0 Å². The Balaban J connectivity index is 1.61. The molecule has 0 aromatic heterocycles. The molecule has 1 aromatic rings. The Bertz CT molecular complexity index is 597. The molecule has 3 rings (SSSR count). The minimum atomic E-state index is 0.300. The van der Waals surface area contributed by atoms with Crippen LogP contribution in [0.4, 0.5) is 5.69 Å². The summed E-state index contributed by atoms with van der Waals surface area (Å²) >= 11 is 5.75. The molecule has 142 valence electrons. The summed E-state index contributed by atoms with van der Waals surface area (Å²) in [6, 6.07) is 7.99. The molecule has 0 spiro atoms. The quantitative estimate of drug-likeness (QED) is 0.556. The number of hydrogen-bond acceptors (Lipinski definition) is 3. The smallest absolute Gasteiger partial charge is 0.173 e. The molecule has 2 atom stereocenters. The monoisotopic (exact) mass is 374 g/mol. The van der Waals surface area contributed by atoms with Crippen molar-refractivity contribution in [2.75, 3.05) is 31.6 Å². The van der Waals surface area contributed by atoms with Gasteiger partial charge in [-0.2, -0.15) is 0 Å². The van der Waals surface area contributed by atoms with Crippen molar-refractivity contribution in [1.29, 1.82) is 0 Å². The number of anilines is 1. The Kier molecular flexibility index (Phi) is 7.32. The molecule has 0 bridgehead atoms. The van der Waals surface area contributed by atoms with Crippen LogP contribution < -0.4 is 10.1 Å². The average Bonchev–Trinajstić information content (AvgIpc) is 3.17. The van der Waals surface area contributed by atoms with E-state index in [9.17, 15) is 0 Å². The first kappa shape index (κ1) is 19.2. The molecule has 1 saturated heterocycles. The van der Waals surface area contributed by atoms with Crippen molar-refractivity contribution in [1.82, 2.24) is 4.90 Å². The third-order valence-corrected chi connectivity index (χ3v) is 5.37. The summed E-state index contributed by atoms with van der Waals surface area (Å²) in [5.74, 6) is 1.55. The maximum atomic E-state index is 5.86. The van der Waals surface area contributed by atoms with Crippen molar-refractivity contribution in [2.45, 2.75) is 45.1 Å². The van der Waals surface area contributed by atoms with E-state index < -0.39 is 0 Å². The maximum Gasteiger partial charge on any atom is 0.173 e. The van der Waals surface area contributed by atoms with Gasteiger partial charge in [0.05, 0.1) is 12.7 Å². The van der Waals surface area contributed by atoms with Crippen LogP contribution in [-0.2, 0) is 4.74 Å². The van der Waals surface area contributed by atoms with Crippen molar-refractivity contribution in [3.05, 3.63) is 36.4 Å². The van der Waals surface area contributed by atoms with Crippen LogP contribution in [0.15, 0.2) is 36.4 Å². The van der Waals surface area contributed by atoms with Crippen molar-refractivity contribution in [3.63, 3.8) is 0 Å². The molecule has 1 N–H and O–H groups in total. The fourth-order valence-corrected chi connectivity index (χ4v) is 3.88. The summed E-state index contributed by atoms with van der Waals surface area (Å²) in [6.07, 6.45) is 10.7. The summed E-state index contributed by atoms with van der Waals surface area (Å²) in [6.45, 7) is 5.42. The highest BCUT2D eigenvalue weighted by atomic mass is 32.1. The van der Waals surface area contributed by atoms with E-state index in [0.717, 1.165) is 55.5 Å². The summed E-state index contributed by atoms with van der Waals surface area (Å²) in [4.78, 5) is 2.31. The van der Waals surface area contributed by atoms with Gasteiger partial charge in [0.2, 0.25) is 0 Å². The van der Waals surface area contributed by atoms with Crippen LogP contribution in [0.25, 0.3) is 0 Å². The van der Waals surface area contributed by atoms with Gasteiger partial charge in [0, 0.05) is 25.4 Å². The second-order valence-corrected chi connectivity index (χ2v) is 7.46. The molecule has 1 fully saturated rings. The van der Waals surface area contributed by atoms with Gasteiger partial charge < -0.3 is 19.7 Å². The van der Waals surface area contributed by atoms with Crippen molar-refractivity contribution >= 4 is 23.0 Å². The van der Waals surface area contributed by atoms with Gasteiger partial charge in [-0.15, -0.1) is 0 Å². The Labute approximate surface area is 162 Å². The van der Waals surface area contributed by atoms with Crippen LogP contribution in [0.1, 0.15) is 39.0 Å². The number of ether oxygens (including phenoxy) is 2. The average molecular weight is 375 g/mol. The molecule has 1 aliphatic carbocycles. The first-order valence-electron chi connectivity index (χ1n) is 9.80. The van der Waals surface area contributed by atoms with E-state index in [1.807, 2.05) is 31.2 Å². The number of hydrogen-bond donors (Lipinski definition) is 1. The second kappa shape index (κ2) is 9.93. The zero-order valence-electron chi connectivity index (χ0n) is 15.7. The fourth-order valence-electron chi connectivity index (χ4n) is 3.61. The van der Waals surface area contributed by atoms with E-state index >= 15 is 0 Å². The fraction of sp³-hybridized carbons (Fsp3) is 0.571. The Hall–Kier alpha value is -1.59. The zero-order valence-corrected chi connectivity index (χ0v) is 16.5. The predicted octanol–water partition coefficient (Wildman–Crippen LogP) is 4.62. The summed E-state index contributed by atoms with van der Waals surface area (Å²) in [7, 11) is 0. The van der Waals surface area contributed by atoms with Gasteiger partial charge in [-0.05, 0) is 81.4 Å². The van der Waals surface area contributed by atoms with Crippen LogP contribution in [-0.4, -0.2) is 42.4 Å². The largest absolute Gasteiger partial charge is 0.494 e. The van der Waals surface area contributed by atoms with Crippen molar-refractivity contribution in [3.8, 4) is 5.75 Å². The first-order chi connectivity index (χ1) is 12.7. The highest BCUT2D eigenvalue weighted by Crippen LogP contribution is 2.22. The predicted molar refractivity (Wildman–Crippen MR) is 111 cm³/mol. The molecule has 1 aliphatic heterocycles. The molecular formula is C21H30N2O2S. The molecular weight excluding hydrogens is 344 g/mol. The van der Waals surface area contributed by atoms with Crippen LogP contribution in [0.5, 0.6) is 5.75 Å². The van der Waals surface area contributed by atoms with Gasteiger partial charge in [0.1, 0.15) is 5.75 Å². The lowest BCUT2D eigenvalue weighted by Crippen LogP contribution is -2.42. The van der Waals surface area contributed by atoms with Crippen LogP contribution in [0.3, 0.4) is 0 Å². The van der Waals surface area contributed by atoms with Crippen molar-refractivity contribution < 1.29 is 9.47 Å². The molecule has 0 radical (unpaired) electrons. The number of nitrogens with zero attached hydrogens (tertiary/aromatic N) is 1. The minimum absolute atomic E-state index is 0.300. The number of nitrogens with one attached hydrogen (secondary N) is 1. The summed E-state index contributed by atoms with van der Waals surface area (Å²) in [5, 5.41) is 4.19. The van der Waals surface area contributed by atoms with Gasteiger partial charge >= 0.3 is 0 Å². The second-order valence-electron chi connectivity index (χ2n) is 7.08. The minimum Gasteiger partial charge on any atom is -0.494 e. The van der Waals surface area contributed by atoms with Gasteiger partial charge in [-0.25, -0.2) is 0 Å². The molecule has 2 unspecified atom stereocenters. The standard InChI is InChI=1S/C21H30N2O2S/c1-2-24-19-12-10-18(11-13-19)22-21(26)23(16-20-9-6-14-25-20)15-17-7-4-3-5-8-17/h3-4,10-13,17,20H,2,5-9,14-16H2,1H3,(H,22,26). The molecule has 26 heavy (non-hydrogen) atoms. The van der Waals surface area contributed by atoms with Gasteiger partial charge in [0.15, 0.2) is 5.11 Å². The lowest BCUT2D eigenvalue weighted by Gasteiger charge is -2.32. The van der Waals surface area contributed by atoms with E-state index in [0.29, 0.717) is 18.6 Å². The molecule has 0 saturated carbocycles. The maximum absolute atomic E-state index is 5.86. The normalized spacial score (nSPS) is 22.2. The highest BCUT2D eigenvalue weighted by Gasteiger charge is 2.23. The van der Waals surface area contributed by atoms with Gasteiger partial charge in [-0.3, -0.25) is 0 Å². The van der Waals surface area contributed by atoms with E-state index in [1.54, 1.807) is 0 Å². The zero-order chi connectivity index (χ0) is 18.2. The van der Waals surface area contributed by atoms with E-state index in [2.05, 4.69) is 22.4 Å². The Morgan fingerprint density at radius 2 is 2.08 bits per heavy atom. The Morgan fingerprint density at radius 1 is 1.23 bits per heavy atom. The third-order valence-electron chi connectivity index (χ3n) is 5.01. The van der Waals surface area contributed by atoms with Gasteiger partial charge in [0.25, 0.3) is 0 Å². The summed E-state index contributed by atoms with van der Waals surface area (Å²) in [5.41, 5.74) is 0.999. The SMILES string of the molecule is CCOc1ccc(NC(=S)N(CC2CC=CCC2)CC2CCCO2)cc1. The lowest BCUT2D eigenvalue weighted by molar-refractivity contribution is 0.0882. The highest BCUT2D eigenvalue weighted by molar-refractivity contribution is 7.80. The summed E-state index contributed by atoms with van der Waals surface area (Å²) < 4.78 is 11.4. The van der Waals surface area contributed by atoms with E-state index in [4.69, 9.17) is 21.7 Å². The van der Waals surface area contributed by atoms with E-state index in [1.165, 1.54) is 12.8 Å². The Morgan fingerprint density at radius 3 is 2.73 bits per heavy atom. The van der Waals surface area contributed by atoms with Crippen LogP contribution in [0.2, 0.25) is 0 Å². The van der Waals surface area contributed by atoms with Crippen LogP contribution in [0, 0.1) is 5.92 Å². The molecule has 5 heteroatoms. The molecule has 0 amide bonds. The number of thiocarbonyl (C=S) groups is 1. The molecule has 4 nitrogen and oxygen atoms in total. The van der Waals surface area contributed by atoms with Crippen molar-refractivity contribution in [2.24, 2.45) is 5.92 Å². The third kappa shape index (κ3) is 5.71. The number of allylic oxidation sites excluding steroid dienone is 2.